The lowest BCUT2D eigenvalue weighted by Gasteiger charge is -2.30. The summed E-state index contributed by atoms with van der Waals surface area (Å²) in [6, 6.07) is 12.0. The lowest BCUT2D eigenvalue weighted by Crippen LogP contribution is -2.42. The summed E-state index contributed by atoms with van der Waals surface area (Å²) in [5, 5.41) is 6.80. The van der Waals surface area contributed by atoms with Gasteiger partial charge in [0.1, 0.15) is 0 Å². The number of nitrogens with one attached hydrogen (secondary N) is 1. The van der Waals surface area contributed by atoms with Gasteiger partial charge in [0.15, 0.2) is 11.5 Å². The van der Waals surface area contributed by atoms with Crippen LogP contribution in [0.2, 0.25) is 0 Å². The molecule has 0 bridgehead atoms. The highest BCUT2D eigenvalue weighted by Gasteiger charge is 2.32. The van der Waals surface area contributed by atoms with Gasteiger partial charge in [-0.25, -0.2) is 8.42 Å². The van der Waals surface area contributed by atoms with Crippen molar-refractivity contribution in [2.75, 3.05) is 19.9 Å². The van der Waals surface area contributed by atoms with E-state index < -0.39 is 10.0 Å². The molecule has 0 unspecified atom stereocenters. The molecule has 1 amide bonds. The van der Waals surface area contributed by atoms with Gasteiger partial charge in [-0.3, -0.25) is 4.79 Å². The molecule has 34 heavy (non-hydrogen) atoms. The number of rotatable bonds is 6. The zero-order valence-corrected chi connectivity index (χ0v) is 19.4. The van der Waals surface area contributed by atoms with Gasteiger partial charge in [-0.2, -0.15) is 9.29 Å². The number of ether oxygens (including phenoxy) is 2. The Morgan fingerprint density at radius 2 is 1.91 bits per heavy atom. The van der Waals surface area contributed by atoms with E-state index in [0.717, 1.165) is 5.56 Å². The predicted octanol–water partition coefficient (Wildman–Crippen LogP) is 2.49. The lowest BCUT2D eigenvalue weighted by atomic mass is 9.97. The molecule has 3 aromatic rings. The van der Waals surface area contributed by atoms with E-state index in [0.29, 0.717) is 48.2 Å². The molecule has 0 atom stereocenters. The van der Waals surface area contributed by atoms with Gasteiger partial charge in [0.2, 0.25) is 34.4 Å². The van der Waals surface area contributed by atoms with Gasteiger partial charge < -0.3 is 19.3 Å². The van der Waals surface area contributed by atoms with Crippen molar-refractivity contribution >= 4 is 15.9 Å². The number of aromatic nitrogens is 2. The molecule has 0 radical (unpaired) electrons. The maximum Gasteiger partial charge on any atom is 0.243 e. The van der Waals surface area contributed by atoms with Crippen molar-refractivity contribution in [3.05, 3.63) is 53.9 Å². The molecular weight excluding hydrogens is 460 g/mol. The molecule has 11 heteroatoms. The van der Waals surface area contributed by atoms with Crippen LogP contribution in [0.3, 0.4) is 0 Å². The fourth-order valence-corrected chi connectivity index (χ4v) is 5.62. The van der Waals surface area contributed by atoms with Crippen molar-refractivity contribution in [3.63, 3.8) is 0 Å². The van der Waals surface area contributed by atoms with E-state index in [1.165, 1.54) is 4.31 Å². The Bertz CT molecular complexity index is 1310. The smallest absolute Gasteiger partial charge is 0.243 e. The lowest BCUT2D eigenvalue weighted by molar-refractivity contribution is -0.126. The Kier molecular flexibility index (Phi) is 5.96. The first kappa shape index (κ1) is 22.4. The van der Waals surface area contributed by atoms with E-state index >= 15 is 0 Å². The first-order valence-corrected chi connectivity index (χ1v) is 12.4. The first-order valence-electron chi connectivity index (χ1n) is 11.0. The normalized spacial score (nSPS) is 16.5. The summed E-state index contributed by atoms with van der Waals surface area (Å²) in [6.07, 6.45) is 0.909. The van der Waals surface area contributed by atoms with Crippen LogP contribution in [0.1, 0.15) is 24.3 Å². The third-order valence-electron chi connectivity index (χ3n) is 5.99. The fourth-order valence-electron chi connectivity index (χ4n) is 4.10. The molecule has 178 valence electrons. The number of nitrogens with zero attached hydrogens (tertiary/aromatic N) is 3. The number of carbonyl (C=O) groups is 1. The number of carbonyl (C=O) groups excluding carboxylic acids is 1. The van der Waals surface area contributed by atoms with E-state index in [1.807, 2.05) is 18.2 Å². The summed E-state index contributed by atoms with van der Waals surface area (Å²) in [4.78, 5) is 17.0. The highest BCUT2D eigenvalue weighted by Crippen LogP contribution is 2.32. The minimum absolute atomic E-state index is 0.0795. The number of hydrogen-bond acceptors (Lipinski definition) is 8. The molecule has 2 aliphatic rings. The van der Waals surface area contributed by atoms with Gasteiger partial charge in [-0.1, -0.05) is 23.4 Å². The van der Waals surface area contributed by atoms with Crippen LogP contribution in [0.4, 0.5) is 0 Å². The monoisotopic (exact) mass is 484 g/mol. The van der Waals surface area contributed by atoms with Crippen molar-refractivity contribution in [2.45, 2.75) is 31.2 Å². The molecule has 0 spiro atoms. The minimum atomic E-state index is -3.71. The van der Waals surface area contributed by atoms with Crippen molar-refractivity contribution in [3.8, 4) is 22.9 Å². The zero-order valence-electron chi connectivity index (χ0n) is 18.6. The maximum absolute atomic E-state index is 13.2. The Morgan fingerprint density at radius 1 is 1.12 bits per heavy atom. The van der Waals surface area contributed by atoms with Crippen LogP contribution >= 0.6 is 0 Å². The van der Waals surface area contributed by atoms with Crippen LogP contribution in [-0.4, -0.2) is 48.7 Å². The molecule has 0 saturated carbocycles. The summed E-state index contributed by atoms with van der Waals surface area (Å²) >= 11 is 0. The third kappa shape index (κ3) is 4.48. The van der Waals surface area contributed by atoms with Gasteiger partial charge in [-0.05, 0) is 42.7 Å². The van der Waals surface area contributed by atoms with Crippen molar-refractivity contribution in [2.24, 2.45) is 5.92 Å². The SMILES string of the molecule is Cc1nc(-c2cccc(S(=O)(=O)N3CCC(C(=O)NCc4ccc5c(c4)OCO5)CC3)c2)no1. The quantitative estimate of drug-likeness (QED) is 0.566. The van der Waals surface area contributed by atoms with Crippen LogP contribution in [0.5, 0.6) is 11.5 Å². The summed E-state index contributed by atoms with van der Waals surface area (Å²) in [7, 11) is -3.71. The van der Waals surface area contributed by atoms with Crippen LogP contribution in [0, 0.1) is 12.8 Å². The number of hydrogen-bond donors (Lipinski definition) is 1. The molecule has 1 fully saturated rings. The van der Waals surface area contributed by atoms with Gasteiger partial charge in [-0.15, -0.1) is 0 Å². The number of sulfonamides is 1. The number of piperidine rings is 1. The summed E-state index contributed by atoms with van der Waals surface area (Å²) in [6.45, 7) is 2.79. The van der Waals surface area contributed by atoms with Crippen LogP contribution in [0.15, 0.2) is 51.9 Å². The van der Waals surface area contributed by atoms with Crippen LogP contribution in [0.25, 0.3) is 11.4 Å². The summed E-state index contributed by atoms with van der Waals surface area (Å²) < 4.78 is 43.5. The van der Waals surface area contributed by atoms with E-state index in [-0.39, 0.29) is 36.6 Å². The average Bonchev–Trinajstić information content (AvgIpc) is 3.51. The first-order chi connectivity index (χ1) is 16.4. The second kappa shape index (κ2) is 9.07. The second-order valence-corrected chi connectivity index (χ2v) is 10.2. The Morgan fingerprint density at radius 3 is 2.68 bits per heavy atom. The molecular formula is C23H24N4O6S. The topological polar surface area (TPSA) is 124 Å². The van der Waals surface area contributed by atoms with Crippen molar-refractivity contribution in [1.82, 2.24) is 19.8 Å². The molecule has 1 saturated heterocycles. The number of fused-ring (bicyclic) bond motifs is 1. The van der Waals surface area contributed by atoms with Gasteiger partial charge >= 0.3 is 0 Å². The molecule has 5 rings (SSSR count). The highest BCUT2D eigenvalue weighted by atomic mass is 32.2. The van der Waals surface area contributed by atoms with Crippen molar-refractivity contribution < 1.29 is 27.2 Å². The van der Waals surface area contributed by atoms with E-state index in [2.05, 4.69) is 15.5 Å². The second-order valence-electron chi connectivity index (χ2n) is 8.25. The minimum Gasteiger partial charge on any atom is -0.454 e. The van der Waals surface area contributed by atoms with Gasteiger partial charge in [0.05, 0.1) is 4.90 Å². The molecule has 1 N–H and O–H groups in total. The van der Waals surface area contributed by atoms with E-state index in [4.69, 9.17) is 14.0 Å². The van der Waals surface area contributed by atoms with Crippen molar-refractivity contribution in [1.29, 1.82) is 0 Å². The fraction of sp³-hybridized carbons (Fsp3) is 0.348. The maximum atomic E-state index is 13.2. The highest BCUT2D eigenvalue weighted by molar-refractivity contribution is 7.89. The van der Waals surface area contributed by atoms with Gasteiger partial charge in [0.25, 0.3) is 0 Å². The van der Waals surface area contributed by atoms with E-state index in [1.54, 1.807) is 31.2 Å². The third-order valence-corrected chi connectivity index (χ3v) is 7.88. The Labute approximate surface area is 196 Å². The molecule has 10 nitrogen and oxygen atoms in total. The standard InChI is InChI=1S/C23H24N4O6S/c1-15-25-22(26-33-15)18-3-2-4-19(12-18)34(29,30)27-9-7-17(8-10-27)23(28)24-13-16-5-6-20-21(11-16)32-14-31-20/h2-6,11-12,17H,7-10,13-14H2,1H3,(H,24,28). The molecule has 1 aromatic heterocycles. The number of amides is 1. The molecule has 2 aromatic carbocycles. The van der Waals surface area contributed by atoms with Gasteiger partial charge in [0, 0.05) is 38.0 Å². The van der Waals surface area contributed by atoms with E-state index in [9.17, 15) is 13.2 Å². The Hall–Kier alpha value is -3.44. The summed E-state index contributed by atoms with van der Waals surface area (Å²) in [5.74, 6) is 1.79. The predicted molar refractivity (Wildman–Crippen MR) is 120 cm³/mol. The molecule has 3 heterocycles. The molecule has 0 aliphatic carbocycles. The Balaban J connectivity index is 1.18. The number of benzene rings is 2. The largest absolute Gasteiger partial charge is 0.454 e. The zero-order chi connectivity index (χ0) is 23.7. The van der Waals surface area contributed by atoms with Crippen LogP contribution < -0.4 is 14.8 Å². The molecule has 2 aliphatic heterocycles. The average molecular weight is 485 g/mol. The summed E-state index contributed by atoms with van der Waals surface area (Å²) in [5.41, 5.74) is 1.48. The number of aryl methyl sites for hydroxylation is 1. The van der Waals surface area contributed by atoms with Crippen LogP contribution in [-0.2, 0) is 21.4 Å².